The Bertz CT molecular complexity index is 448. The van der Waals surface area contributed by atoms with Crippen LogP contribution < -0.4 is 5.32 Å². The molecule has 0 aliphatic heterocycles. The van der Waals surface area contributed by atoms with Gasteiger partial charge in [-0.3, -0.25) is 10.1 Å². The first-order valence-electron chi connectivity index (χ1n) is 7.12. The number of ether oxygens (including phenoxy) is 2. The molecule has 0 aliphatic carbocycles. The summed E-state index contributed by atoms with van der Waals surface area (Å²) in [6, 6.07) is 0. The third kappa shape index (κ3) is 5.31. The van der Waals surface area contributed by atoms with Crippen LogP contribution in [0, 0.1) is 10.1 Å². The molecule has 0 radical (unpaired) electrons. The second-order valence-electron chi connectivity index (χ2n) is 4.62. The Hall–Kier alpha value is -1.67. The zero-order chi connectivity index (χ0) is 15.7. The topological polar surface area (TPSA) is 91.5 Å². The summed E-state index contributed by atoms with van der Waals surface area (Å²) in [7, 11) is 3.35. The number of nitrogens with zero attached hydrogens (tertiary/aromatic N) is 3. The van der Waals surface area contributed by atoms with E-state index in [2.05, 4.69) is 10.4 Å². The molecule has 1 aromatic heterocycles. The highest BCUT2D eigenvalue weighted by molar-refractivity contribution is 5.59. The molecule has 0 aromatic carbocycles. The van der Waals surface area contributed by atoms with Gasteiger partial charge in [0, 0.05) is 27.3 Å². The van der Waals surface area contributed by atoms with Gasteiger partial charge >= 0.3 is 5.69 Å². The zero-order valence-corrected chi connectivity index (χ0v) is 12.9. The minimum absolute atomic E-state index is 0.0799. The van der Waals surface area contributed by atoms with Crippen LogP contribution in [0.4, 0.5) is 11.5 Å². The number of aromatic nitrogens is 2. The van der Waals surface area contributed by atoms with Crippen LogP contribution in [0.2, 0.25) is 0 Å². The number of nitro groups is 1. The lowest BCUT2D eigenvalue weighted by molar-refractivity contribution is -0.384. The van der Waals surface area contributed by atoms with Gasteiger partial charge in [0.05, 0.1) is 18.1 Å². The predicted octanol–water partition coefficient (Wildman–Crippen LogP) is 1.75. The summed E-state index contributed by atoms with van der Waals surface area (Å²) in [5, 5.41) is 18.4. The number of rotatable bonds is 11. The van der Waals surface area contributed by atoms with Gasteiger partial charge in [0.15, 0.2) is 0 Å². The minimum atomic E-state index is -0.373. The van der Waals surface area contributed by atoms with Gasteiger partial charge in [-0.15, -0.1) is 0 Å². The first-order chi connectivity index (χ1) is 10.1. The molecule has 1 aromatic rings. The molecule has 0 unspecified atom stereocenters. The van der Waals surface area contributed by atoms with Crippen molar-refractivity contribution in [1.29, 1.82) is 0 Å². The third-order valence-electron chi connectivity index (χ3n) is 3.05. The van der Waals surface area contributed by atoms with E-state index < -0.39 is 0 Å². The van der Waals surface area contributed by atoms with Gasteiger partial charge in [-0.2, -0.15) is 5.10 Å². The molecular formula is C13H24N4O4. The van der Waals surface area contributed by atoms with E-state index in [4.69, 9.17) is 9.47 Å². The Balaban J connectivity index is 2.38. The van der Waals surface area contributed by atoms with Crippen molar-refractivity contribution in [3.63, 3.8) is 0 Å². The number of hydrogen-bond acceptors (Lipinski definition) is 6. The van der Waals surface area contributed by atoms with Gasteiger partial charge < -0.3 is 14.8 Å². The van der Waals surface area contributed by atoms with Crippen molar-refractivity contribution in [3.05, 3.63) is 15.8 Å². The van der Waals surface area contributed by atoms with Crippen LogP contribution in [0.15, 0.2) is 0 Å². The van der Waals surface area contributed by atoms with Crippen molar-refractivity contribution in [2.45, 2.75) is 26.2 Å². The molecule has 0 bridgehead atoms. The Kier molecular flexibility index (Phi) is 7.70. The predicted molar refractivity (Wildman–Crippen MR) is 79.7 cm³/mol. The van der Waals surface area contributed by atoms with Crippen LogP contribution in [-0.2, 0) is 22.9 Å². The fraction of sp³-hybridized carbons (Fsp3) is 0.769. The normalized spacial score (nSPS) is 10.8. The SMILES string of the molecule is CCc1nn(C)c(NCCCCOCCOC)c1[N+](=O)[O-]. The van der Waals surface area contributed by atoms with E-state index in [1.165, 1.54) is 4.68 Å². The van der Waals surface area contributed by atoms with Crippen LogP contribution in [0.25, 0.3) is 0 Å². The van der Waals surface area contributed by atoms with E-state index in [1.807, 2.05) is 6.92 Å². The molecule has 1 heterocycles. The molecular weight excluding hydrogens is 276 g/mol. The first kappa shape index (κ1) is 17.4. The fourth-order valence-corrected chi connectivity index (χ4v) is 1.98. The van der Waals surface area contributed by atoms with Crippen LogP contribution in [0.3, 0.4) is 0 Å². The van der Waals surface area contributed by atoms with Crippen molar-refractivity contribution in [2.24, 2.45) is 7.05 Å². The number of methoxy groups -OCH3 is 1. The highest BCUT2D eigenvalue weighted by Crippen LogP contribution is 2.28. The summed E-state index contributed by atoms with van der Waals surface area (Å²) < 4.78 is 11.8. The largest absolute Gasteiger partial charge is 0.382 e. The monoisotopic (exact) mass is 300 g/mol. The van der Waals surface area contributed by atoms with E-state index in [0.717, 1.165) is 12.8 Å². The summed E-state index contributed by atoms with van der Waals surface area (Å²) in [5.74, 6) is 0.470. The quantitative estimate of drug-likeness (QED) is 0.380. The lowest BCUT2D eigenvalue weighted by Crippen LogP contribution is -2.09. The highest BCUT2D eigenvalue weighted by atomic mass is 16.6. The molecule has 0 saturated heterocycles. The van der Waals surface area contributed by atoms with E-state index in [9.17, 15) is 10.1 Å². The summed E-state index contributed by atoms with van der Waals surface area (Å²) in [5.41, 5.74) is 0.587. The molecule has 8 nitrogen and oxygen atoms in total. The van der Waals surface area contributed by atoms with Crippen LogP contribution in [-0.4, -0.2) is 48.2 Å². The Morgan fingerprint density at radius 1 is 1.33 bits per heavy atom. The number of unbranched alkanes of at least 4 members (excludes halogenated alkanes) is 1. The maximum Gasteiger partial charge on any atom is 0.333 e. The van der Waals surface area contributed by atoms with Gasteiger partial charge in [0.2, 0.25) is 5.82 Å². The number of hydrogen-bond donors (Lipinski definition) is 1. The van der Waals surface area contributed by atoms with Crippen molar-refractivity contribution in [3.8, 4) is 0 Å². The summed E-state index contributed by atoms with van der Waals surface area (Å²) >= 11 is 0. The maximum atomic E-state index is 11.1. The lowest BCUT2D eigenvalue weighted by atomic mass is 10.3. The van der Waals surface area contributed by atoms with Crippen molar-refractivity contribution in [1.82, 2.24) is 9.78 Å². The van der Waals surface area contributed by atoms with E-state index in [-0.39, 0.29) is 10.6 Å². The zero-order valence-electron chi connectivity index (χ0n) is 12.9. The average molecular weight is 300 g/mol. The molecule has 8 heteroatoms. The summed E-state index contributed by atoms with van der Waals surface area (Å²) in [4.78, 5) is 10.8. The van der Waals surface area contributed by atoms with Crippen molar-refractivity contribution >= 4 is 11.5 Å². The highest BCUT2D eigenvalue weighted by Gasteiger charge is 2.24. The Morgan fingerprint density at radius 3 is 2.71 bits per heavy atom. The van der Waals surface area contributed by atoms with E-state index in [0.29, 0.717) is 44.3 Å². The Labute approximate surface area is 124 Å². The average Bonchev–Trinajstić information content (AvgIpc) is 2.78. The van der Waals surface area contributed by atoms with Crippen LogP contribution in [0.5, 0.6) is 0 Å². The Morgan fingerprint density at radius 2 is 2.10 bits per heavy atom. The molecule has 0 atom stereocenters. The molecule has 120 valence electrons. The van der Waals surface area contributed by atoms with Gasteiger partial charge in [0.25, 0.3) is 0 Å². The maximum absolute atomic E-state index is 11.1. The molecule has 21 heavy (non-hydrogen) atoms. The standard InChI is InChI=1S/C13H24N4O4/c1-4-11-12(17(18)19)13(16(2)15-11)14-7-5-6-8-21-10-9-20-3/h14H,4-10H2,1-3H3. The van der Waals surface area contributed by atoms with Gasteiger partial charge in [-0.1, -0.05) is 6.92 Å². The van der Waals surface area contributed by atoms with Gasteiger partial charge in [0.1, 0.15) is 5.69 Å². The minimum Gasteiger partial charge on any atom is -0.382 e. The van der Waals surface area contributed by atoms with Gasteiger partial charge in [-0.25, -0.2) is 4.68 Å². The van der Waals surface area contributed by atoms with Gasteiger partial charge in [-0.05, 0) is 19.3 Å². The summed E-state index contributed by atoms with van der Waals surface area (Å²) in [6.45, 7) is 4.36. The van der Waals surface area contributed by atoms with Crippen LogP contribution >= 0.6 is 0 Å². The molecule has 1 rings (SSSR count). The molecule has 0 saturated carbocycles. The van der Waals surface area contributed by atoms with Crippen molar-refractivity contribution < 1.29 is 14.4 Å². The smallest absolute Gasteiger partial charge is 0.333 e. The molecule has 0 aliphatic rings. The molecule has 0 fully saturated rings. The number of anilines is 1. The second-order valence-corrected chi connectivity index (χ2v) is 4.62. The van der Waals surface area contributed by atoms with Crippen molar-refractivity contribution in [2.75, 3.05) is 38.8 Å². The second kappa shape index (κ2) is 9.30. The van der Waals surface area contributed by atoms with E-state index in [1.54, 1.807) is 14.2 Å². The first-order valence-corrected chi connectivity index (χ1v) is 7.12. The molecule has 1 N–H and O–H groups in total. The van der Waals surface area contributed by atoms with Crippen LogP contribution in [0.1, 0.15) is 25.5 Å². The van der Waals surface area contributed by atoms with E-state index >= 15 is 0 Å². The third-order valence-corrected chi connectivity index (χ3v) is 3.05. The lowest BCUT2D eigenvalue weighted by Gasteiger charge is -2.06. The fourth-order valence-electron chi connectivity index (χ4n) is 1.98. The summed E-state index contributed by atoms with van der Waals surface area (Å²) in [6.07, 6.45) is 2.30. The number of aryl methyl sites for hydroxylation is 2. The molecule has 0 amide bonds. The number of nitrogens with one attached hydrogen (secondary N) is 1. The molecule has 0 spiro atoms.